The average Bonchev–Trinajstić information content (AvgIpc) is 3.06. The summed E-state index contributed by atoms with van der Waals surface area (Å²) < 4.78 is 3.12. The third kappa shape index (κ3) is 3.77. The van der Waals surface area contributed by atoms with Crippen molar-refractivity contribution in [2.45, 2.75) is 26.8 Å². The van der Waals surface area contributed by atoms with Crippen molar-refractivity contribution >= 4 is 22.5 Å². The first-order valence-electron chi connectivity index (χ1n) is 9.44. The minimum absolute atomic E-state index is 0.0646. The molecule has 2 N–H and O–H groups in total. The summed E-state index contributed by atoms with van der Waals surface area (Å²) in [5.74, 6) is 0.391. The van der Waals surface area contributed by atoms with E-state index in [1.54, 1.807) is 47.3 Å². The Labute approximate surface area is 171 Å². The number of aromatic nitrogens is 5. The molecule has 9 nitrogen and oxygen atoms in total. The van der Waals surface area contributed by atoms with Crippen molar-refractivity contribution in [2.24, 2.45) is 0 Å². The van der Waals surface area contributed by atoms with Crippen LogP contribution in [0.1, 0.15) is 17.8 Å². The van der Waals surface area contributed by atoms with Crippen molar-refractivity contribution in [1.29, 1.82) is 0 Å². The highest BCUT2D eigenvalue weighted by Gasteiger charge is 2.10. The van der Waals surface area contributed by atoms with E-state index in [1.807, 2.05) is 19.9 Å². The third-order valence-electron chi connectivity index (χ3n) is 4.73. The fourth-order valence-electron chi connectivity index (χ4n) is 3.35. The maximum absolute atomic E-state index is 12.4. The molecule has 0 atom stereocenters. The second kappa shape index (κ2) is 7.78. The first-order chi connectivity index (χ1) is 14.4. The van der Waals surface area contributed by atoms with Gasteiger partial charge in [0.1, 0.15) is 0 Å². The van der Waals surface area contributed by atoms with Gasteiger partial charge in [0.2, 0.25) is 5.91 Å². The lowest BCUT2D eigenvalue weighted by atomic mass is 10.2. The Balaban J connectivity index is 1.46. The van der Waals surface area contributed by atoms with Crippen LogP contribution in [-0.2, 0) is 11.3 Å². The lowest BCUT2D eigenvalue weighted by Gasteiger charge is -2.10. The smallest absolute Gasteiger partial charge is 0.325 e. The number of pyridine rings is 1. The molecule has 0 aliphatic heterocycles. The van der Waals surface area contributed by atoms with Crippen molar-refractivity contribution in [2.75, 3.05) is 5.32 Å². The van der Waals surface area contributed by atoms with E-state index in [4.69, 9.17) is 0 Å². The number of aryl methyl sites for hydroxylation is 3. The van der Waals surface area contributed by atoms with Gasteiger partial charge >= 0.3 is 5.69 Å². The number of fused-ring (bicyclic) bond motifs is 1. The van der Waals surface area contributed by atoms with Crippen LogP contribution in [-0.4, -0.2) is 30.2 Å². The van der Waals surface area contributed by atoms with Crippen LogP contribution in [0.5, 0.6) is 0 Å². The van der Waals surface area contributed by atoms with Crippen molar-refractivity contribution < 1.29 is 4.79 Å². The van der Waals surface area contributed by atoms with E-state index in [0.29, 0.717) is 22.4 Å². The van der Waals surface area contributed by atoms with Crippen LogP contribution < -0.4 is 16.6 Å². The summed E-state index contributed by atoms with van der Waals surface area (Å²) in [6.07, 6.45) is 1.63. The Hall–Kier alpha value is -4.01. The van der Waals surface area contributed by atoms with Crippen molar-refractivity contribution in [3.05, 3.63) is 80.9 Å². The van der Waals surface area contributed by atoms with Crippen LogP contribution in [0.2, 0.25) is 0 Å². The van der Waals surface area contributed by atoms with E-state index in [9.17, 15) is 14.4 Å². The number of hydrogen-bond donors (Lipinski definition) is 2. The zero-order valence-electron chi connectivity index (χ0n) is 16.5. The molecule has 0 bridgehead atoms. The Bertz CT molecular complexity index is 1350. The summed E-state index contributed by atoms with van der Waals surface area (Å²) in [6, 6.07) is 12.3. The van der Waals surface area contributed by atoms with Gasteiger partial charge in [-0.15, -0.1) is 0 Å². The summed E-state index contributed by atoms with van der Waals surface area (Å²) in [4.78, 5) is 43.1. The van der Waals surface area contributed by atoms with Gasteiger partial charge in [0, 0.05) is 18.7 Å². The summed E-state index contributed by atoms with van der Waals surface area (Å²) in [5.41, 5.74) is 1.93. The number of carbonyl (C=O) groups is 1. The number of carbonyl (C=O) groups excluding carboxylic acids is 1. The molecule has 30 heavy (non-hydrogen) atoms. The lowest BCUT2D eigenvalue weighted by Crippen LogP contribution is -2.31. The molecular weight excluding hydrogens is 384 g/mol. The van der Waals surface area contributed by atoms with E-state index in [1.165, 1.54) is 4.57 Å². The molecule has 1 aromatic carbocycles. The SMILES string of the molecule is Cc1cc(C)n(-c2ccc(NC(=O)CCn3c(=O)[nH]c(=O)c4ccccc43)cn2)n1. The number of rotatable bonds is 5. The van der Waals surface area contributed by atoms with Crippen LogP contribution in [0.25, 0.3) is 16.7 Å². The summed E-state index contributed by atoms with van der Waals surface area (Å²) in [5, 5.41) is 7.56. The van der Waals surface area contributed by atoms with E-state index in [-0.39, 0.29) is 18.9 Å². The molecule has 0 unspecified atom stereocenters. The minimum Gasteiger partial charge on any atom is -0.325 e. The highest BCUT2D eigenvalue weighted by Crippen LogP contribution is 2.13. The zero-order valence-corrected chi connectivity index (χ0v) is 16.5. The molecule has 152 valence electrons. The number of hydrogen-bond acceptors (Lipinski definition) is 5. The molecule has 0 spiro atoms. The van der Waals surface area contributed by atoms with Gasteiger partial charge in [-0.05, 0) is 44.2 Å². The van der Waals surface area contributed by atoms with Gasteiger partial charge in [-0.3, -0.25) is 19.1 Å². The molecule has 0 saturated heterocycles. The Morgan fingerprint density at radius 2 is 1.93 bits per heavy atom. The predicted molar refractivity (Wildman–Crippen MR) is 113 cm³/mol. The molecule has 0 radical (unpaired) electrons. The summed E-state index contributed by atoms with van der Waals surface area (Å²) in [6.45, 7) is 3.99. The molecule has 0 aliphatic carbocycles. The van der Waals surface area contributed by atoms with Gasteiger partial charge in [0.05, 0.1) is 28.5 Å². The number of amides is 1. The van der Waals surface area contributed by atoms with E-state index in [0.717, 1.165) is 11.4 Å². The molecule has 4 rings (SSSR count). The normalized spacial score (nSPS) is 11.0. The largest absolute Gasteiger partial charge is 0.328 e. The Morgan fingerprint density at radius 1 is 1.13 bits per heavy atom. The quantitative estimate of drug-likeness (QED) is 0.527. The van der Waals surface area contributed by atoms with E-state index < -0.39 is 11.2 Å². The van der Waals surface area contributed by atoms with Gasteiger partial charge in [-0.1, -0.05) is 12.1 Å². The number of H-pyrrole nitrogens is 1. The highest BCUT2D eigenvalue weighted by molar-refractivity contribution is 5.90. The second-order valence-corrected chi connectivity index (χ2v) is 6.97. The molecular formula is C21H20N6O3. The van der Waals surface area contributed by atoms with Gasteiger partial charge < -0.3 is 5.32 Å². The monoisotopic (exact) mass is 404 g/mol. The Kier molecular flexibility index (Phi) is 5.01. The van der Waals surface area contributed by atoms with E-state index >= 15 is 0 Å². The maximum Gasteiger partial charge on any atom is 0.328 e. The molecule has 1 amide bonds. The van der Waals surface area contributed by atoms with Gasteiger partial charge in [0.15, 0.2) is 5.82 Å². The predicted octanol–water partition coefficient (Wildman–Crippen LogP) is 1.92. The lowest BCUT2D eigenvalue weighted by molar-refractivity contribution is -0.116. The van der Waals surface area contributed by atoms with Crippen molar-refractivity contribution in [3.8, 4) is 5.82 Å². The molecule has 9 heteroatoms. The van der Waals surface area contributed by atoms with Crippen LogP contribution in [0.3, 0.4) is 0 Å². The fourth-order valence-corrected chi connectivity index (χ4v) is 3.35. The summed E-state index contributed by atoms with van der Waals surface area (Å²) >= 11 is 0. The number of aromatic amines is 1. The summed E-state index contributed by atoms with van der Waals surface area (Å²) in [7, 11) is 0. The van der Waals surface area contributed by atoms with Crippen LogP contribution in [0, 0.1) is 13.8 Å². The van der Waals surface area contributed by atoms with Crippen LogP contribution in [0.4, 0.5) is 5.69 Å². The number of nitrogens with one attached hydrogen (secondary N) is 2. The molecule has 0 saturated carbocycles. The van der Waals surface area contributed by atoms with Gasteiger partial charge in [-0.2, -0.15) is 5.10 Å². The average molecular weight is 404 g/mol. The topological polar surface area (TPSA) is 115 Å². The molecule has 3 heterocycles. The molecule has 3 aromatic heterocycles. The van der Waals surface area contributed by atoms with Crippen molar-refractivity contribution in [1.82, 2.24) is 24.3 Å². The second-order valence-electron chi connectivity index (χ2n) is 6.97. The van der Waals surface area contributed by atoms with Gasteiger partial charge in [-0.25, -0.2) is 14.5 Å². The van der Waals surface area contributed by atoms with Crippen LogP contribution >= 0.6 is 0 Å². The standard InChI is InChI=1S/C21H20N6O3/c1-13-11-14(2)27(25-13)18-8-7-15(12-22-18)23-19(28)9-10-26-17-6-4-3-5-16(17)20(29)24-21(26)30/h3-8,11-12H,9-10H2,1-2H3,(H,23,28)(H,24,29,30). The van der Waals surface area contributed by atoms with Crippen LogP contribution in [0.15, 0.2) is 58.3 Å². The first kappa shape index (κ1) is 19.3. The fraction of sp³-hybridized carbons (Fsp3) is 0.190. The zero-order chi connectivity index (χ0) is 21.3. The Morgan fingerprint density at radius 3 is 2.63 bits per heavy atom. The molecule has 0 fully saturated rings. The number of benzene rings is 1. The molecule has 4 aromatic rings. The minimum atomic E-state index is -0.539. The number of nitrogens with zero attached hydrogens (tertiary/aromatic N) is 4. The first-order valence-corrected chi connectivity index (χ1v) is 9.44. The van der Waals surface area contributed by atoms with Crippen molar-refractivity contribution in [3.63, 3.8) is 0 Å². The number of para-hydroxylation sites is 1. The van der Waals surface area contributed by atoms with E-state index in [2.05, 4.69) is 20.4 Å². The van der Waals surface area contributed by atoms with Gasteiger partial charge in [0.25, 0.3) is 5.56 Å². The highest BCUT2D eigenvalue weighted by atomic mass is 16.2. The molecule has 0 aliphatic rings. The number of anilines is 1. The maximum atomic E-state index is 12.4. The third-order valence-corrected chi connectivity index (χ3v) is 4.73.